The number of methoxy groups -OCH3 is 1. The minimum atomic E-state index is -3.82. The molecule has 3 amide bonds. The molecule has 0 aromatic heterocycles. The monoisotopic (exact) mass is 698 g/mol. The van der Waals surface area contributed by atoms with Gasteiger partial charge in [-0.1, -0.05) is 6.07 Å². The normalized spacial score (nSPS) is 15.2. The summed E-state index contributed by atoms with van der Waals surface area (Å²) in [5.41, 5.74) is 6.41. The summed E-state index contributed by atoms with van der Waals surface area (Å²) in [6, 6.07) is 11.4. The van der Waals surface area contributed by atoms with Crippen molar-refractivity contribution in [2.24, 2.45) is 5.73 Å². The number of hydrogen-bond acceptors (Lipinski definition) is 9. The topological polar surface area (TPSA) is 166 Å². The number of ether oxygens (including phenoxy) is 3. The third kappa shape index (κ3) is 8.42. The second-order valence-corrected chi connectivity index (χ2v) is 14.6. The average Bonchev–Trinajstić information content (AvgIpc) is 3.54. The van der Waals surface area contributed by atoms with Gasteiger partial charge in [-0.3, -0.25) is 14.9 Å². The summed E-state index contributed by atoms with van der Waals surface area (Å²) in [4.78, 5) is 40.4. The summed E-state index contributed by atoms with van der Waals surface area (Å²) in [5, 5.41) is 4.97. The predicted octanol–water partition coefficient (Wildman–Crippen LogP) is 5.99. The van der Waals surface area contributed by atoms with Gasteiger partial charge in [-0.05, 0) is 107 Å². The summed E-state index contributed by atoms with van der Waals surface area (Å²) in [6.07, 6.45) is 0.109. The molecule has 12 nitrogen and oxygen atoms in total. The molecule has 264 valence electrons. The van der Waals surface area contributed by atoms with Crippen molar-refractivity contribution in [2.75, 3.05) is 30.9 Å². The number of halogens is 1. The van der Waals surface area contributed by atoms with Crippen LogP contribution in [0.15, 0.2) is 59.5 Å². The van der Waals surface area contributed by atoms with Crippen LogP contribution in [0, 0.1) is 5.82 Å². The highest BCUT2D eigenvalue weighted by Gasteiger charge is 2.38. The summed E-state index contributed by atoms with van der Waals surface area (Å²) < 4.78 is 58.1. The van der Waals surface area contributed by atoms with Crippen LogP contribution in [0.5, 0.6) is 11.5 Å². The number of nitrogens with zero attached hydrogens (tertiary/aromatic N) is 1. The molecular formula is C35H43FN4O8S. The number of sulfone groups is 1. The lowest BCUT2D eigenvalue weighted by Gasteiger charge is -2.32. The fraction of sp³-hybridized carbons (Fsp3) is 0.400. The van der Waals surface area contributed by atoms with Crippen LogP contribution in [0.3, 0.4) is 0 Å². The Morgan fingerprint density at radius 3 is 2.35 bits per heavy atom. The third-order valence-corrected chi connectivity index (χ3v) is 10.2. The molecular weight excluding hydrogens is 655 g/mol. The Balaban J connectivity index is 1.85. The number of nitrogens with two attached hydrogens (primary N) is 1. The number of amides is 3. The maximum Gasteiger partial charge on any atom is 0.411 e. The van der Waals surface area contributed by atoms with E-state index in [1.54, 1.807) is 43.0 Å². The summed E-state index contributed by atoms with van der Waals surface area (Å²) >= 11 is 0. The van der Waals surface area contributed by atoms with Gasteiger partial charge in [0.25, 0.3) is 5.91 Å². The molecule has 14 heteroatoms. The lowest BCUT2D eigenvalue weighted by atomic mass is 10.00. The van der Waals surface area contributed by atoms with Crippen LogP contribution in [0.2, 0.25) is 0 Å². The van der Waals surface area contributed by atoms with Crippen LogP contribution in [0.4, 0.5) is 20.6 Å². The Labute approximate surface area is 286 Å². The molecule has 0 aliphatic carbocycles. The fourth-order valence-corrected chi connectivity index (χ4v) is 6.96. The van der Waals surface area contributed by atoms with Gasteiger partial charge < -0.3 is 30.2 Å². The highest BCUT2D eigenvalue weighted by molar-refractivity contribution is 7.92. The molecule has 1 fully saturated rings. The first-order chi connectivity index (χ1) is 23.2. The van der Waals surface area contributed by atoms with Gasteiger partial charge in [0.15, 0.2) is 21.3 Å². The van der Waals surface area contributed by atoms with E-state index in [1.165, 1.54) is 31.4 Å². The number of benzene rings is 3. The van der Waals surface area contributed by atoms with Crippen LogP contribution in [0.25, 0.3) is 0 Å². The zero-order valence-corrected chi connectivity index (χ0v) is 29.2. The molecule has 0 unspecified atom stereocenters. The molecule has 1 saturated heterocycles. The number of carbonyl (C=O) groups is 3. The van der Waals surface area contributed by atoms with Crippen molar-refractivity contribution in [1.29, 1.82) is 0 Å². The SMILES string of the molecule is CCOc1cc([C@@H](Nc2ccc(F)c(C(N)=O)c2)C(=O)N2CCC[C@@H]2c2cc(NC(=O)OC)ccc2S(=O)(=O)C(C)C)ccc1OC(C)C. The van der Waals surface area contributed by atoms with E-state index in [2.05, 4.69) is 10.6 Å². The van der Waals surface area contributed by atoms with Gasteiger partial charge in [0.2, 0.25) is 5.91 Å². The van der Waals surface area contributed by atoms with Crippen LogP contribution >= 0.6 is 0 Å². The smallest absolute Gasteiger partial charge is 0.411 e. The first kappa shape index (κ1) is 37.0. The van der Waals surface area contributed by atoms with Gasteiger partial charge in [0, 0.05) is 17.9 Å². The fourth-order valence-electron chi connectivity index (χ4n) is 5.67. The largest absolute Gasteiger partial charge is 0.490 e. The number of rotatable bonds is 13. The Morgan fingerprint density at radius 2 is 1.71 bits per heavy atom. The molecule has 2 atom stereocenters. The molecule has 1 aliphatic rings. The van der Waals surface area contributed by atoms with Gasteiger partial charge in [0.1, 0.15) is 11.9 Å². The van der Waals surface area contributed by atoms with Crippen LogP contribution in [-0.2, 0) is 19.4 Å². The zero-order chi connectivity index (χ0) is 36.0. The lowest BCUT2D eigenvalue weighted by Crippen LogP contribution is -2.38. The molecule has 4 N–H and O–H groups in total. The highest BCUT2D eigenvalue weighted by atomic mass is 32.2. The van der Waals surface area contributed by atoms with E-state index in [0.29, 0.717) is 54.3 Å². The number of primary amides is 1. The van der Waals surface area contributed by atoms with E-state index >= 15 is 0 Å². The van der Waals surface area contributed by atoms with E-state index in [4.69, 9.17) is 19.9 Å². The predicted molar refractivity (Wildman–Crippen MR) is 183 cm³/mol. The lowest BCUT2D eigenvalue weighted by molar-refractivity contribution is -0.133. The Morgan fingerprint density at radius 1 is 1.00 bits per heavy atom. The van der Waals surface area contributed by atoms with Crippen LogP contribution < -0.4 is 25.8 Å². The molecule has 49 heavy (non-hydrogen) atoms. The summed E-state index contributed by atoms with van der Waals surface area (Å²) in [6.45, 7) is 9.32. The Kier molecular flexibility index (Phi) is 11.8. The average molecular weight is 699 g/mol. The number of likely N-dealkylation sites (tertiary alicyclic amines) is 1. The number of hydrogen-bond donors (Lipinski definition) is 3. The quantitative estimate of drug-likeness (QED) is 0.194. The molecule has 0 spiro atoms. The first-order valence-electron chi connectivity index (χ1n) is 16.0. The standard InChI is InChI=1S/C35H43FN4O8S/c1-7-47-30-17-22(10-14-29(30)48-20(2)3)32(38-23-11-13-27(36)25(18-23)33(37)41)34(42)40-16-8-9-28(40)26-19-24(39-35(43)46-6)12-15-31(26)49(44,45)21(4)5/h10-15,17-21,28,32,38H,7-9,16H2,1-6H3,(H2,37,41)(H,39,43)/t28-,32-/m1/s1. The van der Waals surface area contributed by atoms with E-state index in [9.17, 15) is 27.2 Å². The van der Waals surface area contributed by atoms with E-state index in [1.807, 2.05) is 20.8 Å². The molecule has 1 heterocycles. The van der Waals surface area contributed by atoms with Crippen molar-refractivity contribution >= 4 is 39.1 Å². The van der Waals surface area contributed by atoms with Crippen molar-refractivity contribution in [1.82, 2.24) is 4.90 Å². The molecule has 0 bridgehead atoms. The minimum absolute atomic E-state index is 0.0468. The van der Waals surface area contributed by atoms with Gasteiger partial charge in [-0.2, -0.15) is 0 Å². The Hall–Kier alpha value is -4.85. The van der Waals surface area contributed by atoms with Crippen LogP contribution in [0.1, 0.15) is 81.0 Å². The molecule has 3 aromatic rings. The van der Waals surface area contributed by atoms with Crippen LogP contribution in [-0.4, -0.2) is 62.8 Å². The second-order valence-electron chi connectivity index (χ2n) is 12.1. The molecule has 1 aliphatic heterocycles. The van der Waals surface area contributed by atoms with Crippen molar-refractivity contribution < 1.29 is 41.4 Å². The van der Waals surface area contributed by atoms with E-state index in [-0.39, 0.29) is 22.3 Å². The third-order valence-electron chi connectivity index (χ3n) is 8.02. The number of carbonyl (C=O) groups excluding carboxylic acids is 3. The van der Waals surface area contributed by atoms with E-state index in [0.717, 1.165) is 6.07 Å². The maximum absolute atomic E-state index is 14.7. The van der Waals surface area contributed by atoms with Crippen molar-refractivity contribution in [3.8, 4) is 11.5 Å². The summed E-state index contributed by atoms with van der Waals surface area (Å²) in [5.74, 6) is -1.34. The molecule has 0 saturated carbocycles. The first-order valence-corrected chi connectivity index (χ1v) is 17.5. The van der Waals surface area contributed by atoms with Crippen molar-refractivity contribution in [2.45, 2.75) is 75.8 Å². The van der Waals surface area contributed by atoms with E-state index < -0.39 is 50.9 Å². The van der Waals surface area contributed by atoms with Gasteiger partial charge in [0.05, 0.1) is 41.6 Å². The minimum Gasteiger partial charge on any atom is -0.490 e. The molecule has 3 aromatic carbocycles. The number of anilines is 2. The van der Waals surface area contributed by atoms with Gasteiger partial charge >= 0.3 is 6.09 Å². The van der Waals surface area contributed by atoms with Crippen molar-refractivity contribution in [3.63, 3.8) is 0 Å². The summed E-state index contributed by atoms with van der Waals surface area (Å²) in [7, 11) is -2.60. The molecule has 4 rings (SSSR count). The highest BCUT2D eigenvalue weighted by Crippen LogP contribution is 2.41. The zero-order valence-electron chi connectivity index (χ0n) is 28.4. The Bertz CT molecular complexity index is 1810. The van der Waals surface area contributed by atoms with Gasteiger partial charge in [-0.15, -0.1) is 0 Å². The number of nitrogens with one attached hydrogen (secondary N) is 2. The molecule has 0 radical (unpaired) electrons. The maximum atomic E-state index is 14.7. The second kappa shape index (κ2) is 15.6. The van der Waals surface area contributed by atoms with Gasteiger partial charge in [-0.25, -0.2) is 17.6 Å². The van der Waals surface area contributed by atoms with Crippen molar-refractivity contribution in [3.05, 3.63) is 77.1 Å².